The Morgan fingerprint density at radius 3 is 2.69 bits per heavy atom. The smallest absolute Gasteiger partial charge is 0.279 e. The molecule has 0 unspecified atom stereocenters. The molecule has 26 heavy (non-hydrogen) atoms. The molecule has 0 spiro atoms. The molecule has 1 aromatic heterocycles. The summed E-state index contributed by atoms with van der Waals surface area (Å²) >= 11 is 0. The van der Waals surface area contributed by atoms with Gasteiger partial charge in [0.25, 0.3) is 10.2 Å². The van der Waals surface area contributed by atoms with Gasteiger partial charge in [0.05, 0.1) is 13.2 Å². The second-order valence-electron chi connectivity index (χ2n) is 6.46. The van der Waals surface area contributed by atoms with Gasteiger partial charge >= 0.3 is 0 Å². The van der Waals surface area contributed by atoms with E-state index in [4.69, 9.17) is 4.74 Å². The first kappa shape index (κ1) is 18.8. The van der Waals surface area contributed by atoms with E-state index in [1.54, 1.807) is 4.90 Å². The quantitative estimate of drug-likeness (QED) is 0.755. The largest absolute Gasteiger partial charge is 0.378 e. The van der Waals surface area contributed by atoms with E-state index in [2.05, 4.69) is 9.71 Å². The van der Waals surface area contributed by atoms with Crippen LogP contribution in [0.15, 0.2) is 30.5 Å². The topological polar surface area (TPSA) is 94.7 Å². The average Bonchev–Trinajstić information content (AvgIpc) is 3.04. The Kier molecular flexibility index (Phi) is 5.61. The van der Waals surface area contributed by atoms with Gasteiger partial charge in [-0.3, -0.25) is 4.79 Å². The van der Waals surface area contributed by atoms with Crippen LogP contribution in [0.1, 0.15) is 5.56 Å². The van der Waals surface area contributed by atoms with E-state index in [1.807, 2.05) is 30.5 Å². The number of morpholine rings is 1. The van der Waals surface area contributed by atoms with Crippen LogP contribution >= 0.6 is 0 Å². The SMILES string of the molecule is CN(C)S(=O)(=O)N[C@@H](Cc1c[nH]c2ccccc12)C(=O)N1CCOCC1. The summed E-state index contributed by atoms with van der Waals surface area (Å²) in [5.41, 5.74) is 1.85. The van der Waals surface area contributed by atoms with Gasteiger partial charge in [-0.05, 0) is 18.1 Å². The molecule has 1 amide bonds. The van der Waals surface area contributed by atoms with Gasteiger partial charge in [-0.15, -0.1) is 0 Å². The Labute approximate surface area is 153 Å². The van der Waals surface area contributed by atoms with Crippen LogP contribution in [0.3, 0.4) is 0 Å². The standard InChI is InChI=1S/C17H24N4O4S/c1-20(2)26(23,24)19-16(17(22)21-7-9-25-10-8-21)11-13-12-18-15-6-4-3-5-14(13)15/h3-6,12,16,18-19H,7-11H2,1-2H3/t16-/m0/s1. The number of aromatic nitrogens is 1. The predicted molar refractivity (Wildman–Crippen MR) is 98.9 cm³/mol. The summed E-state index contributed by atoms with van der Waals surface area (Å²) in [7, 11) is -0.874. The Hall–Kier alpha value is -1.94. The lowest BCUT2D eigenvalue weighted by Gasteiger charge is -2.31. The molecule has 2 aromatic rings. The number of para-hydroxylation sites is 1. The van der Waals surface area contributed by atoms with E-state index in [0.29, 0.717) is 26.3 Å². The zero-order valence-corrected chi connectivity index (χ0v) is 15.8. The minimum Gasteiger partial charge on any atom is -0.378 e. The van der Waals surface area contributed by atoms with Crippen LogP contribution < -0.4 is 4.72 Å². The highest BCUT2D eigenvalue weighted by Gasteiger charge is 2.31. The molecule has 0 aliphatic carbocycles. The first-order valence-electron chi connectivity index (χ1n) is 8.50. The zero-order valence-electron chi connectivity index (χ0n) is 14.9. The highest BCUT2D eigenvalue weighted by atomic mass is 32.2. The van der Waals surface area contributed by atoms with Crippen molar-refractivity contribution in [3.8, 4) is 0 Å². The van der Waals surface area contributed by atoms with Gasteiger partial charge in [-0.2, -0.15) is 17.4 Å². The Balaban J connectivity index is 1.88. The van der Waals surface area contributed by atoms with E-state index in [-0.39, 0.29) is 12.3 Å². The Morgan fingerprint density at radius 1 is 1.31 bits per heavy atom. The van der Waals surface area contributed by atoms with E-state index in [0.717, 1.165) is 20.8 Å². The van der Waals surface area contributed by atoms with Crippen LogP contribution in [-0.2, 0) is 26.2 Å². The highest BCUT2D eigenvalue weighted by molar-refractivity contribution is 7.87. The molecule has 1 aromatic carbocycles. The number of benzene rings is 1. The van der Waals surface area contributed by atoms with Crippen molar-refractivity contribution in [1.29, 1.82) is 0 Å². The highest BCUT2D eigenvalue weighted by Crippen LogP contribution is 2.20. The number of aromatic amines is 1. The minimum atomic E-state index is -3.74. The summed E-state index contributed by atoms with van der Waals surface area (Å²) in [6.07, 6.45) is 2.10. The van der Waals surface area contributed by atoms with Gasteiger partial charge < -0.3 is 14.6 Å². The number of H-pyrrole nitrogens is 1. The van der Waals surface area contributed by atoms with Crippen molar-refractivity contribution in [2.75, 3.05) is 40.4 Å². The van der Waals surface area contributed by atoms with E-state index < -0.39 is 16.3 Å². The maximum atomic E-state index is 13.0. The third-order valence-electron chi connectivity index (χ3n) is 4.49. The lowest BCUT2D eigenvalue weighted by molar-refractivity contribution is -0.137. The van der Waals surface area contributed by atoms with Crippen molar-refractivity contribution in [2.24, 2.45) is 0 Å². The number of nitrogens with zero attached hydrogens (tertiary/aromatic N) is 2. The molecule has 0 bridgehead atoms. The van der Waals surface area contributed by atoms with Crippen molar-refractivity contribution >= 4 is 27.0 Å². The molecule has 1 atom stereocenters. The fourth-order valence-electron chi connectivity index (χ4n) is 2.99. The summed E-state index contributed by atoms with van der Waals surface area (Å²) in [5.74, 6) is -0.232. The van der Waals surface area contributed by atoms with Crippen LogP contribution in [0.2, 0.25) is 0 Å². The van der Waals surface area contributed by atoms with Gasteiger partial charge in [-0.1, -0.05) is 18.2 Å². The fraction of sp³-hybridized carbons (Fsp3) is 0.471. The third-order valence-corrected chi connectivity index (χ3v) is 6.04. The number of ether oxygens (including phenoxy) is 1. The minimum absolute atomic E-state index is 0.232. The van der Waals surface area contributed by atoms with Crippen LogP contribution in [0.5, 0.6) is 0 Å². The number of hydrogen-bond donors (Lipinski definition) is 2. The van der Waals surface area contributed by atoms with Crippen LogP contribution in [-0.4, -0.2) is 75.0 Å². The molecular formula is C17H24N4O4S. The maximum absolute atomic E-state index is 13.0. The van der Waals surface area contributed by atoms with Crippen molar-refractivity contribution < 1.29 is 17.9 Å². The van der Waals surface area contributed by atoms with E-state index in [9.17, 15) is 13.2 Å². The Bertz CT molecular complexity index is 872. The van der Waals surface area contributed by atoms with Crippen LogP contribution in [0.25, 0.3) is 10.9 Å². The summed E-state index contributed by atoms with van der Waals surface area (Å²) in [4.78, 5) is 17.8. The molecule has 8 nitrogen and oxygen atoms in total. The number of fused-ring (bicyclic) bond motifs is 1. The van der Waals surface area contributed by atoms with Crippen molar-refractivity contribution in [2.45, 2.75) is 12.5 Å². The fourth-order valence-corrected chi connectivity index (χ4v) is 3.74. The van der Waals surface area contributed by atoms with Gasteiger partial charge in [0.15, 0.2) is 0 Å². The molecule has 0 saturated carbocycles. The van der Waals surface area contributed by atoms with Crippen LogP contribution in [0.4, 0.5) is 0 Å². The molecular weight excluding hydrogens is 356 g/mol. The maximum Gasteiger partial charge on any atom is 0.279 e. The first-order chi connectivity index (χ1) is 12.4. The number of nitrogens with one attached hydrogen (secondary N) is 2. The van der Waals surface area contributed by atoms with E-state index in [1.165, 1.54) is 14.1 Å². The molecule has 2 heterocycles. The lowest BCUT2D eigenvalue weighted by atomic mass is 10.0. The van der Waals surface area contributed by atoms with Crippen molar-refractivity contribution in [3.05, 3.63) is 36.0 Å². The molecule has 3 rings (SSSR count). The summed E-state index contributed by atoms with van der Waals surface area (Å²) in [5, 5.41) is 0.983. The van der Waals surface area contributed by atoms with Crippen molar-refractivity contribution in [3.63, 3.8) is 0 Å². The number of amides is 1. The van der Waals surface area contributed by atoms with Crippen LogP contribution in [0, 0.1) is 0 Å². The predicted octanol–water partition coefficient (Wildman–Crippen LogP) is 0.334. The monoisotopic (exact) mass is 380 g/mol. The molecule has 1 fully saturated rings. The number of hydrogen-bond acceptors (Lipinski definition) is 4. The van der Waals surface area contributed by atoms with E-state index >= 15 is 0 Å². The normalized spacial score (nSPS) is 17.0. The number of carbonyl (C=O) groups excluding carboxylic acids is 1. The average molecular weight is 380 g/mol. The molecule has 1 saturated heterocycles. The summed E-state index contributed by atoms with van der Waals surface area (Å²) in [6, 6.07) is 6.87. The van der Waals surface area contributed by atoms with Crippen molar-refractivity contribution in [1.82, 2.24) is 18.9 Å². The second kappa shape index (κ2) is 7.75. The van der Waals surface area contributed by atoms with Gasteiger partial charge in [0.1, 0.15) is 6.04 Å². The third kappa shape index (κ3) is 4.07. The molecule has 9 heteroatoms. The molecule has 2 N–H and O–H groups in total. The molecule has 1 aliphatic heterocycles. The second-order valence-corrected chi connectivity index (χ2v) is 8.38. The van der Waals surface area contributed by atoms with Gasteiger partial charge in [0.2, 0.25) is 5.91 Å². The number of rotatable bonds is 6. The van der Waals surface area contributed by atoms with Gasteiger partial charge in [-0.25, -0.2) is 0 Å². The summed E-state index contributed by atoms with van der Waals surface area (Å²) in [6.45, 7) is 1.86. The Morgan fingerprint density at radius 2 is 2.00 bits per heavy atom. The lowest BCUT2D eigenvalue weighted by Crippen LogP contribution is -2.54. The molecule has 1 aliphatic rings. The zero-order chi connectivity index (χ0) is 18.7. The first-order valence-corrected chi connectivity index (χ1v) is 9.94. The molecule has 0 radical (unpaired) electrons. The summed E-state index contributed by atoms with van der Waals surface area (Å²) < 4.78 is 33.6. The molecule has 142 valence electrons. The number of carbonyl (C=O) groups is 1. The van der Waals surface area contributed by atoms with Gasteiger partial charge in [0, 0.05) is 44.3 Å².